The fraction of sp³-hybridized carbons (Fsp3) is 0. The Balaban J connectivity index is 2.97. The molecule has 0 bridgehead atoms. The molecule has 1 aromatic heterocycles. The van der Waals surface area contributed by atoms with Gasteiger partial charge in [-0.1, -0.05) is 5.11 Å². The molecule has 0 spiro atoms. The monoisotopic (exact) mass is 120 g/mol. The molecule has 0 aliphatic heterocycles. The van der Waals surface area contributed by atoms with E-state index in [2.05, 4.69) is 15.0 Å². The highest BCUT2D eigenvalue weighted by Crippen LogP contribution is 2.06. The molecule has 44 valence electrons. The number of aromatic nitrogens is 1. The summed E-state index contributed by atoms with van der Waals surface area (Å²) in [5, 5.41) is 3.32. The highest BCUT2D eigenvalue weighted by atomic mass is 15.1. The maximum atomic E-state index is 7.95. The van der Waals surface area contributed by atoms with Crippen LogP contribution < -0.4 is 0 Å². The first-order valence-corrected chi connectivity index (χ1v) is 2.38. The first kappa shape index (κ1) is 5.59. The van der Waals surface area contributed by atoms with Crippen LogP contribution in [0.3, 0.4) is 0 Å². The van der Waals surface area contributed by atoms with Crippen LogP contribution in [0.2, 0.25) is 0 Å². The molecule has 0 aliphatic carbocycles. The quantitative estimate of drug-likeness (QED) is 0.317. The average molecular weight is 120 g/mol. The van der Waals surface area contributed by atoms with Gasteiger partial charge in [0.15, 0.2) is 0 Å². The Kier molecular flexibility index (Phi) is 1.67. The highest BCUT2D eigenvalue weighted by molar-refractivity contribution is 5.31. The predicted molar refractivity (Wildman–Crippen MR) is 33.0 cm³/mol. The summed E-state index contributed by atoms with van der Waals surface area (Å²) >= 11 is 0. The molecule has 0 saturated heterocycles. The average Bonchev–Trinajstić information content (AvgIpc) is 1.91. The van der Waals surface area contributed by atoms with Crippen LogP contribution in [0.4, 0.5) is 5.69 Å². The fourth-order valence-corrected chi connectivity index (χ4v) is 0.465. The Bertz CT molecular complexity index is 224. The van der Waals surface area contributed by atoms with Crippen molar-refractivity contribution in [1.29, 1.82) is 0 Å². The second-order valence-corrected chi connectivity index (χ2v) is 1.40. The van der Waals surface area contributed by atoms with E-state index >= 15 is 0 Å². The molecule has 0 saturated carbocycles. The van der Waals surface area contributed by atoms with Crippen molar-refractivity contribution in [1.82, 2.24) is 4.98 Å². The smallest absolute Gasteiger partial charge is 0.0558 e. The van der Waals surface area contributed by atoms with Crippen LogP contribution in [-0.2, 0) is 0 Å². The lowest BCUT2D eigenvalue weighted by Gasteiger charge is -1.83. The van der Waals surface area contributed by atoms with E-state index in [1.807, 2.05) is 0 Å². The summed E-state index contributed by atoms with van der Waals surface area (Å²) in [6, 6.07) is 3.40. The first-order chi connectivity index (χ1) is 4.43. The minimum atomic E-state index is 0.542. The maximum absolute atomic E-state index is 7.95. The molecule has 1 aromatic rings. The van der Waals surface area contributed by atoms with Gasteiger partial charge in [0.05, 0.1) is 5.69 Å². The minimum absolute atomic E-state index is 0.542. The maximum Gasteiger partial charge on any atom is 0.0558 e. The summed E-state index contributed by atoms with van der Waals surface area (Å²) in [5.74, 6) is 0. The number of azide groups is 1. The van der Waals surface area contributed by atoms with Crippen molar-refractivity contribution < 1.29 is 0 Å². The molecule has 0 atom stereocenters. The van der Waals surface area contributed by atoms with Crippen LogP contribution in [0.25, 0.3) is 10.4 Å². The Morgan fingerprint density at radius 3 is 3.11 bits per heavy atom. The Morgan fingerprint density at radius 1 is 1.67 bits per heavy atom. The summed E-state index contributed by atoms with van der Waals surface area (Å²) in [7, 11) is 0. The van der Waals surface area contributed by atoms with Crippen LogP contribution in [0.5, 0.6) is 0 Å². The Morgan fingerprint density at radius 2 is 2.56 bits per heavy atom. The standard InChI is InChI=1S/C5H4N4/c6-9-8-5-2-1-3-7-4-5/h1-4H. The van der Waals surface area contributed by atoms with Gasteiger partial charge < -0.3 is 0 Å². The van der Waals surface area contributed by atoms with Crippen molar-refractivity contribution in [2.24, 2.45) is 5.11 Å². The summed E-state index contributed by atoms with van der Waals surface area (Å²) in [6.45, 7) is 0. The van der Waals surface area contributed by atoms with Crippen LogP contribution in [0, 0.1) is 0 Å². The van der Waals surface area contributed by atoms with E-state index in [4.69, 9.17) is 5.53 Å². The SMILES string of the molecule is [N-]=[N+]=Nc1cccnc1. The van der Waals surface area contributed by atoms with Gasteiger partial charge in [-0.15, -0.1) is 0 Å². The molecule has 0 aliphatic rings. The molecular weight excluding hydrogens is 116 g/mol. The van der Waals surface area contributed by atoms with E-state index in [-0.39, 0.29) is 0 Å². The number of pyridine rings is 1. The number of hydrogen-bond acceptors (Lipinski definition) is 2. The topological polar surface area (TPSA) is 61.7 Å². The van der Waals surface area contributed by atoms with E-state index in [9.17, 15) is 0 Å². The van der Waals surface area contributed by atoms with E-state index in [0.29, 0.717) is 5.69 Å². The zero-order valence-electron chi connectivity index (χ0n) is 4.60. The fourth-order valence-electron chi connectivity index (χ4n) is 0.465. The van der Waals surface area contributed by atoms with Crippen LogP contribution in [0.1, 0.15) is 0 Å². The zero-order valence-corrected chi connectivity index (χ0v) is 4.60. The largest absolute Gasteiger partial charge is 0.264 e. The van der Waals surface area contributed by atoms with Crippen molar-refractivity contribution >= 4 is 5.69 Å². The number of nitrogens with zero attached hydrogens (tertiary/aromatic N) is 4. The lowest BCUT2D eigenvalue weighted by atomic mass is 10.4. The molecule has 4 nitrogen and oxygen atoms in total. The molecule has 1 heterocycles. The molecule has 0 fully saturated rings. The van der Waals surface area contributed by atoms with Crippen LogP contribution >= 0.6 is 0 Å². The van der Waals surface area contributed by atoms with Crippen molar-refractivity contribution in [2.75, 3.05) is 0 Å². The van der Waals surface area contributed by atoms with E-state index < -0.39 is 0 Å². The van der Waals surface area contributed by atoms with Gasteiger partial charge in [0.1, 0.15) is 0 Å². The Hall–Kier alpha value is -1.54. The van der Waals surface area contributed by atoms with Gasteiger partial charge in [-0.2, -0.15) is 0 Å². The Labute approximate surface area is 51.8 Å². The van der Waals surface area contributed by atoms with Crippen molar-refractivity contribution in [3.63, 3.8) is 0 Å². The molecule has 0 N–H and O–H groups in total. The summed E-state index contributed by atoms with van der Waals surface area (Å²) < 4.78 is 0. The molecular formula is C5H4N4. The van der Waals surface area contributed by atoms with Crippen molar-refractivity contribution in [2.45, 2.75) is 0 Å². The van der Waals surface area contributed by atoms with Crippen LogP contribution in [0.15, 0.2) is 29.6 Å². The lowest BCUT2D eigenvalue weighted by molar-refractivity contribution is 1.30. The van der Waals surface area contributed by atoms with Gasteiger partial charge in [-0.3, -0.25) is 4.98 Å². The number of rotatable bonds is 1. The molecule has 0 radical (unpaired) electrons. The van der Waals surface area contributed by atoms with Gasteiger partial charge in [0, 0.05) is 17.3 Å². The van der Waals surface area contributed by atoms with E-state index in [0.717, 1.165) is 0 Å². The van der Waals surface area contributed by atoms with Gasteiger partial charge in [0.2, 0.25) is 0 Å². The second kappa shape index (κ2) is 2.69. The molecule has 4 heteroatoms. The van der Waals surface area contributed by atoms with Crippen molar-refractivity contribution in [3.8, 4) is 0 Å². The number of hydrogen-bond donors (Lipinski definition) is 0. The summed E-state index contributed by atoms with van der Waals surface area (Å²) in [4.78, 5) is 6.33. The third-order valence-electron chi connectivity index (χ3n) is 0.806. The van der Waals surface area contributed by atoms with Gasteiger partial charge in [-0.05, 0) is 17.7 Å². The molecule has 0 unspecified atom stereocenters. The van der Waals surface area contributed by atoms with Crippen molar-refractivity contribution in [3.05, 3.63) is 35.0 Å². The van der Waals surface area contributed by atoms with Gasteiger partial charge >= 0.3 is 0 Å². The van der Waals surface area contributed by atoms with E-state index in [1.165, 1.54) is 6.20 Å². The third-order valence-corrected chi connectivity index (χ3v) is 0.806. The molecule has 0 aromatic carbocycles. The highest BCUT2D eigenvalue weighted by Gasteiger charge is 1.80. The second-order valence-electron chi connectivity index (χ2n) is 1.40. The summed E-state index contributed by atoms with van der Waals surface area (Å²) in [5.41, 5.74) is 8.49. The van der Waals surface area contributed by atoms with Gasteiger partial charge in [0.25, 0.3) is 0 Å². The summed E-state index contributed by atoms with van der Waals surface area (Å²) in [6.07, 6.45) is 3.12. The van der Waals surface area contributed by atoms with Crippen LogP contribution in [-0.4, -0.2) is 4.98 Å². The van der Waals surface area contributed by atoms with Gasteiger partial charge in [-0.25, -0.2) is 0 Å². The predicted octanol–water partition coefficient (Wildman–Crippen LogP) is 2.02. The molecule has 0 amide bonds. The molecule has 9 heavy (non-hydrogen) atoms. The first-order valence-electron chi connectivity index (χ1n) is 2.38. The normalized spacial score (nSPS) is 8.00. The zero-order chi connectivity index (χ0) is 6.53. The molecule has 1 rings (SSSR count). The third kappa shape index (κ3) is 1.44. The van der Waals surface area contributed by atoms with E-state index in [1.54, 1.807) is 18.3 Å². The lowest BCUT2D eigenvalue weighted by Crippen LogP contribution is -1.64. The minimum Gasteiger partial charge on any atom is -0.264 e.